The van der Waals surface area contributed by atoms with Gasteiger partial charge in [0.15, 0.2) is 0 Å². The van der Waals surface area contributed by atoms with Gasteiger partial charge >= 0.3 is 6.18 Å². The van der Waals surface area contributed by atoms with Crippen molar-refractivity contribution in [2.75, 3.05) is 0 Å². The molecule has 3 aromatic rings. The van der Waals surface area contributed by atoms with Gasteiger partial charge < -0.3 is 5.11 Å². The van der Waals surface area contributed by atoms with Gasteiger partial charge in [-0.2, -0.15) is 13.2 Å². The van der Waals surface area contributed by atoms with Crippen LogP contribution in [0.25, 0.3) is 16.9 Å². The highest BCUT2D eigenvalue weighted by molar-refractivity contribution is 5.73. The summed E-state index contributed by atoms with van der Waals surface area (Å²) in [7, 11) is 0. The SMILES string of the molecule is Cc1nc2c(C(F)(F)F)cccn2c1-c1ccccc1O. The normalized spacial score (nSPS) is 12.0. The van der Waals surface area contributed by atoms with E-state index < -0.39 is 11.7 Å². The number of para-hydroxylation sites is 1. The number of nitrogens with zero attached hydrogens (tertiary/aromatic N) is 2. The number of hydrogen-bond donors (Lipinski definition) is 1. The van der Waals surface area contributed by atoms with E-state index in [1.165, 1.54) is 22.7 Å². The first-order valence-corrected chi connectivity index (χ1v) is 6.23. The monoisotopic (exact) mass is 292 g/mol. The quantitative estimate of drug-likeness (QED) is 0.735. The zero-order chi connectivity index (χ0) is 15.2. The van der Waals surface area contributed by atoms with E-state index in [1.54, 1.807) is 25.1 Å². The third-order valence-electron chi connectivity index (χ3n) is 3.29. The molecule has 108 valence electrons. The first kappa shape index (κ1) is 13.5. The van der Waals surface area contributed by atoms with Gasteiger partial charge in [-0.1, -0.05) is 12.1 Å². The molecular weight excluding hydrogens is 281 g/mol. The maximum Gasteiger partial charge on any atom is 0.419 e. The number of benzene rings is 1. The summed E-state index contributed by atoms with van der Waals surface area (Å²) in [6, 6.07) is 8.81. The highest BCUT2D eigenvalue weighted by atomic mass is 19.4. The Kier molecular flexibility index (Phi) is 2.90. The topological polar surface area (TPSA) is 37.5 Å². The van der Waals surface area contributed by atoms with E-state index in [9.17, 15) is 18.3 Å². The zero-order valence-electron chi connectivity index (χ0n) is 11.0. The molecule has 3 nitrogen and oxygen atoms in total. The van der Waals surface area contributed by atoms with Crippen LogP contribution in [0, 0.1) is 6.92 Å². The summed E-state index contributed by atoms with van der Waals surface area (Å²) in [6.45, 7) is 1.62. The van der Waals surface area contributed by atoms with E-state index in [2.05, 4.69) is 4.98 Å². The minimum Gasteiger partial charge on any atom is -0.507 e. The maximum absolute atomic E-state index is 13.0. The summed E-state index contributed by atoms with van der Waals surface area (Å²) >= 11 is 0. The molecule has 0 saturated heterocycles. The van der Waals surface area contributed by atoms with Gasteiger partial charge in [0.25, 0.3) is 0 Å². The fraction of sp³-hybridized carbons (Fsp3) is 0.133. The molecule has 0 aliphatic heterocycles. The fourth-order valence-corrected chi connectivity index (χ4v) is 2.40. The second-order valence-corrected chi connectivity index (χ2v) is 4.68. The van der Waals surface area contributed by atoms with Gasteiger partial charge in [-0.15, -0.1) is 0 Å². The molecule has 0 bridgehead atoms. The number of aromatic nitrogens is 2. The number of hydrogen-bond acceptors (Lipinski definition) is 2. The van der Waals surface area contributed by atoms with Gasteiger partial charge in [-0.3, -0.25) is 4.40 Å². The third-order valence-corrected chi connectivity index (χ3v) is 3.29. The molecule has 0 fully saturated rings. The van der Waals surface area contributed by atoms with Gasteiger partial charge in [0, 0.05) is 11.8 Å². The van der Waals surface area contributed by atoms with Crippen molar-refractivity contribution in [3.8, 4) is 17.0 Å². The van der Waals surface area contributed by atoms with Crippen LogP contribution in [-0.2, 0) is 6.18 Å². The number of imidazole rings is 1. The molecule has 0 aliphatic carbocycles. The molecule has 0 spiro atoms. The summed E-state index contributed by atoms with van der Waals surface area (Å²) in [5.74, 6) is -0.000174. The van der Waals surface area contributed by atoms with Crippen LogP contribution < -0.4 is 0 Å². The summed E-state index contributed by atoms with van der Waals surface area (Å²) in [6.07, 6.45) is -2.97. The third kappa shape index (κ3) is 2.12. The van der Waals surface area contributed by atoms with Crippen LogP contribution in [0.1, 0.15) is 11.3 Å². The molecule has 0 unspecified atom stereocenters. The van der Waals surface area contributed by atoms with Crippen molar-refractivity contribution in [2.45, 2.75) is 13.1 Å². The van der Waals surface area contributed by atoms with Gasteiger partial charge in [0.2, 0.25) is 0 Å². The van der Waals surface area contributed by atoms with Crippen LogP contribution in [0.4, 0.5) is 13.2 Å². The Morgan fingerprint density at radius 2 is 1.81 bits per heavy atom. The largest absolute Gasteiger partial charge is 0.507 e. The fourth-order valence-electron chi connectivity index (χ4n) is 2.40. The molecule has 0 amide bonds. The molecule has 21 heavy (non-hydrogen) atoms. The van der Waals surface area contributed by atoms with Crippen LogP contribution in [-0.4, -0.2) is 14.5 Å². The van der Waals surface area contributed by atoms with E-state index >= 15 is 0 Å². The van der Waals surface area contributed by atoms with Crippen molar-refractivity contribution < 1.29 is 18.3 Å². The summed E-state index contributed by atoms with van der Waals surface area (Å²) in [5.41, 5.74) is 0.361. The Labute approximate surface area is 118 Å². The predicted octanol–water partition coefficient (Wildman–Crippen LogP) is 4.03. The lowest BCUT2D eigenvalue weighted by molar-refractivity contribution is -0.136. The average Bonchev–Trinajstić information content (AvgIpc) is 2.74. The van der Waals surface area contributed by atoms with E-state index in [0.29, 0.717) is 17.0 Å². The number of rotatable bonds is 1. The summed E-state index contributed by atoms with van der Waals surface area (Å²) in [5, 5.41) is 9.93. The summed E-state index contributed by atoms with van der Waals surface area (Å²) < 4.78 is 40.5. The van der Waals surface area contributed by atoms with Gasteiger partial charge in [0.1, 0.15) is 11.4 Å². The number of fused-ring (bicyclic) bond motifs is 1. The number of aryl methyl sites for hydroxylation is 1. The highest BCUT2D eigenvalue weighted by Gasteiger charge is 2.34. The number of halogens is 3. The number of pyridine rings is 1. The van der Waals surface area contributed by atoms with Crippen molar-refractivity contribution in [3.63, 3.8) is 0 Å². The van der Waals surface area contributed by atoms with Gasteiger partial charge in [-0.05, 0) is 31.2 Å². The van der Waals surface area contributed by atoms with Crippen molar-refractivity contribution in [1.82, 2.24) is 9.38 Å². The molecule has 1 aromatic carbocycles. The van der Waals surface area contributed by atoms with Gasteiger partial charge in [-0.25, -0.2) is 4.98 Å². The first-order chi connectivity index (χ1) is 9.89. The average molecular weight is 292 g/mol. The van der Waals surface area contributed by atoms with E-state index in [-0.39, 0.29) is 11.4 Å². The lowest BCUT2D eigenvalue weighted by Crippen LogP contribution is -2.07. The van der Waals surface area contributed by atoms with Crippen LogP contribution in [0.15, 0.2) is 42.6 Å². The van der Waals surface area contributed by atoms with Crippen molar-refractivity contribution in [3.05, 3.63) is 53.9 Å². The number of phenolic OH excluding ortho intramolecular Hbond substituents is 1. The Morgan fingerprint density at radius 1 is 1.10 bits per heavy atom. The Hall–Kier alpha value is -2.50. The summed E-state index contributed by atoms with van der Waals surface area (Å²) in [4.78, 5) is 4.03. The predicted molar refractivity (Wildman–Crippen MR) is 72.0 cm³/mol. The number of phenols is 1. The van der Waals surface area contributed by atoms with Crippen LogP contribution in [0.3, 0.4) is 0 Å². The second-order valence-electron chi connectivity index (χ2n) is 4.68. The van der Waals surface area contributed by atoms with Crippen molar-refractivity contribution in [1.29, 1.82) is 0 Å². The molecule has 0 atom stereocenters. The van der Waals surface area contributed by atoms with Crippen LogP contribution >= 0.6 is 0 Å². The Balaban J connectivity index is 2.36. The molecule has 6 heteroatoms. The van der Waals surface area contributed by atoms with E-state index in [1.807, 2.05) is 0 Å². The molecule has 1 N–H and O–H groups in total. The number of aromatic hydroxyl groups is 1. The van der Waals surface area contributed by atoms with Crippen molar-refractivity contribution in [2.24, 2.45) is 0 Å². The lowest BCUT2D eigenvalue weighted by atomic mass is 10.1. The molecular formula is C15H11F3N2O. The van der Waals surface area contributed by atoms with E-state index in [4.69, 9.17) is 0 Å². The van der Waals surface area contributed by atoms with Crippen LogP contribution in [0.5, 0.6) is 5.75 Å². The van der Waals surface area contributed by atoms with E-state index in [0.717, 1.165) is 6.07 Å². The molecule has 0 saturated carbocycles. The molecule has 3 rings (SSSR count). The zero-order valence-corrected chi connectivity index (χ0v) is 11.0. The minimum atomic E-state index is -4.48. The highest BCUT2D eigenvalue weighted by Crippen LogP contribution is 2.36. The second kappa shape index (κ2) is 4.51. The first-order valence-electron chi connectivity index (χ1n) is 6.23. The number of alkyl halides is 3. The van der Waals surface area contributed by atoms with Gasteiger partial charge in [0.05, 0.1) is 17.0 Å². The Morgan fingerprint density at radius 3 is 2.48 bits per heavy atom. The lowest BCUT2D eigenvalue weighted by Gasteiger charge is -2.09. The minimum absolute atomic E-state index is 0.000174. The smallest absolute Gasteiger partial charge is 0.419 e. The molecule has 2 heterocycles. The standard InChI is InChI=1S/C15H11F3N2O/c1-9-13(10-5-2-3-7-12(10)21)20-8-4-6-11(14(20)19-9)15(16,17)18/h2-8,21H,1H3. The molecule has 2 aromatic heterocycles. The van der Waals surface area contributed by atoms with Crippen molar-refractivity contribution >= 4 is 5.65 Å². The molecule has 0 radical (unpaired) electrons. The molecule has 0 aliphatic rings. The maximum atomic E-state index is 13.0. The van der Waals surface area contributed by atoms with Crippen LogP contribution in [0.2, 0.25) is 0 Å². The Bertz CT molecular complexity index is 821.